The maximum Gasteiger partial charge on any atom is 0.0704 e. The molecule has 0 radical (unpaired) electrons. The standard InChI is InChI=1S/C16H19N/c1-12(2)9-15-10-16(17-11-13(15)3)14-7-5-4-6-8-14/h4-8,10-12H,9H2,1-3H3/i3D3,9D2. The second kappa shape index (κ2) is 5.13. The average Bonchev–Trinajstić information content (AvgIpc) is 2.46. The third-order valence-electron chi connectivity index (χ3n) is 2.42. The van der Waals surface area contributed by atoms with E-state index in [9.17, 15) is 0 Å². The van der Waals surface area contributed by atoms with E-state index in [2.05, 4.69) is 4.98 Å². The summed E-state index contributed by atoms with van der Waals surface area (Å²) in [5, 5.41) is 0. The fraction of sp³-hybridized carbons (Fsp3) is 0.312. The van der Waals surface area contributed by atoms with Gasteiger partial charge in [-0.25, -0.2) is 0 Å². The van der Waals surface area contributed by atoms with Gasteiger partial charge in [0, 0.05) is 18.6 Å². The van der Waals surface area contributed by atoms with E-state index < -0.39 is 13.2 Å². The molecule has 88 valence electrons. The SMILES string of the molecule is [2H]C([2H])([2H])c1cnc(-c2ccccc2)cc1C([2H])([2H])C(C)C. The van der Waals surface area contributed by atoms with E-state index in [0.29, 0.717) is 5.69 Å². The number of rotatable bonds is 3. The Morgan fingerprint density at radius 2 is 2.06 bits per heavy atom. The Morgan fingerprint density at radius 3 is 2.71 bits per heavy atom. The van der Waals surface area contributed by atoms with E-state index in [1.54, 1.807) is 19.9 Å². The van der Waals surface area contributed by atoms with E-state index >= 15 is 0 Å². The van der Waals surface area contributed by atoms with E-state index in [0.717, 1.165) is 5.56 Å². The zero-order chi connectivity index (χ0) is 16.5. The number of hydrogen-bond acceptors (Lipinski definition) is 1. The smallest absolute Gasteiger partial charge is 0.0704 e. The van der Waals surface area contributed by atoms with Crippen molar-refractivity contribution in [1.82, 2.24) is 4.98 Å². The lowest BCUT2D eigenvalue weighted by Crippen LogP contribution is -1.98. The molecule has 0 bridgehead atoms. The van der Waals surface area contributed by atoms with Gasteiger partial charge in [0.05, 0.1) is 5.69 Å². The summed E-state index contributed by atoms with van der Waals surface area (Å²) < 4.78 is 39.5. The molecule has 1 nitrogen and oxygen atoms in total. The van der Waals surface area contributed by atoms with Crippen LogP contribution < -0.4 is 0 Å². The van der Waals surface area contributed by atoms with Gasteiger partial charge >= 0.3 is 0 Å². The first-order chi connectivity index (χ1) is 10.1. The minimum absolute atomic E-state index is 0.0223. The molecule has 0 aliphatic rings. The van der Waals surface area contributed by atoms with E-state index in [1.807, 2.05) is 30.3 Å². The largest absolute Gasteiger partial charge is 0.256 e. The fourth-order valence-corrected chi connectivity index (χ4v) is 1.65. The summed E-state index contributed by atoms with van der Waals surface area (Å²) in [6.45, 7) is 1.09. The van der Waals surface area contributed by atoms with Crippen LogP contribution in [0.1, 0.15) is 31.8 Å². The maximum atomic E-state index is 8.29. The van der Waals surface area contributed by atoms with Crippen molar-refractivity contribution >= 4 is 0 Å². The fourth-order valence-electron chi connectivity index (χ4n) is 1.65. The highest BCUT2D eigenvalue weighted by Crippen LogP contribution is 2.21. The molecule has 0 aliphatic carbocycles. The highest BCUT2D eigenvalue weighted by Gasteiger charge is 2.05. The van der Waals surface area contributed by atoms with Crippen LogP contribution in [0.25, 0.3) is 11.3 Å². The highest BCUT2D eigenvalue weighted by atomic mass is 14.7. The topological polar surface area (TPSA) is 12.9 Å². The molecule has 0 saturated carbocycles. The summed E-state index contributed by atoms with van der Waals surface area (Å²) in [7, 11) is 0. The molecule has 0 N–H and O–H groups in total. The summed E-state index contributed by atoms with van der Waals surface area (Å²) >= 11 is 0. The van der Waals surface area contributed by atoms with Gasteiger partial charge in [-0.1, -0.05) is 44.2 Å². The summed E-state index contributed by atoms with van der Waals surface area (Å²) in [6, 6.07) is 10.9. The summed E-state index contributed by atoms with van der Waals surface area (Å²) in [5.74, 6) is -0.348. The number of benzene rings is 1. The average molecular weight is 230 g/mol. The lowest BCUT2D eigenvalue weighted by Gasteiger charge is -2.10. The Bertz CT molecular complexity index is 647. The van der Waals surface area contributed by atoms with Crippen molar-refractivity contribution in [3.05, 3.63) is 53.7 Å². The molecule has 1 aromatic carbocycles. The van der Waals surface area contributed by atoms with Crippen molar-refractivity contribution in [2.24, 2.45) is 5.92 Å². The molecule has 0 fully saturated rings. The minimum atomic E-state index is -2.39. The summed E-state index contributed by atoms with van der Waals surface area (Å²) in [4.78, 5) is 4.22. The van der Waals surface area contributed by atoms with Gasteiger partial charge in [0.25, 0.3) is 0 Å². The van der Waals surface area contributed by atoms with Gasteiger partial charge in [0.1, 0.15) is 0 Å². The van der Waals surface area contributed by atoms with Gasteiger partial charge in [-0.2, -0.15) is 0 Å². The van der Waals surface area contributed by atoms with Crippen LogP contribution in [-0.2, 0) is 6.37 Å². The minimum Gasteiger partial charge on any atom is -0.256 e. The molecule has 2 rings (SSSR count). The molecule has 0 unspecified atom stereocenters. The van der Waals surface area contributed by atoms with Crippen LogP contribution in [0, 0.1) is 12.8 Å². The predicted octanol–water partition coefficient (Wildman–Crippen LogP) is 4.26. The first-order valence-electron chi connectivity index (χ1n) is 8.20. The van der Waals surface area contributed by atoms with Gasteiger partial charge in [-0.3, -0.25) is 4.98 Å². The number of nitrogens with zero attached hydrogens (tertiary/aromatic N) is 1. The zero-order valence-corrected chi connectivity index (χ0v) is 10.1. The molecule has 1 heteroatoms. The summed E-state index contributed by atoms with van der Waals surface area (Å²) in [6.07, 6.45) is -0.457. The lowest BCUT2D eigenvalue weighted by atomic mass is 9.98. The van der Waals surface area contributed by atoms with Crippen molar-refractivity contribution in [2.45, 2.75) is 27.1 Å². The summed E-state index contributed by atoms with van der Waals surface area (Å²) in [5.41, 5.74) is 1.58. The number of aryl methyl sites for hydroxylation is 1. The molecule has 1 aromatic heterocycles. The molecule has 0 amide bonds. The van der Waals surface area contributed by atoms with E-state index in [4.69, 9.17) is 6.85 Å². The highest BCUT2D eigenvalue weighted by molar-refractivity contribution is 5.60. The first kappa shape index (κ1) is 6.95. The number of hydrogen-bond donors (Lipinski definition) is 0. The predicted molar refractivity (Wildman–Crippen MR) is 73.0 cm³/mol. The van der Waals surface area contributed by atoms with Gasteiger partial charge < -0.3 is 0 Å². The molecule has 0 atom stereocenters. The second-order valence-corrected chi connectivity index (χ2v) is 4.28. The van der Waals surface area contributed by atoms with Crippen LogP contribution in [0.5, 0.6) is 0 Å². The van der Waals surface area contributed by atoms with Crippen molar-refractivity contribution in [1.29, 1.82) is 0 Å². The van der Waals surface area contributed by atoms with Crippen molar-refractivity contribution < 1.29 is 6.85 Å². The monoisotopic (exact) mass is 230 g/mol. The molecule has 0 aliphatic heterocycles. The van der Waals surface area contributed by atoms with Gasteiger partial charge in [-0.05, 0) is 36.3 Å². The molecule has 1 heterocycles. The van der Waals surface area contributed by atoms with Crippen molar-refractivity contribution in [2.75, 3.05) is 0 Å². The van der Waals surface area contributed by atoms with E-state index in [-0.39, 0.29) is 17.0 Å². The van der Waals surface area contributed by atoms with Gasteiger partial charge in [0.15, 0.2) is 0 Å². The Kier molecular flexibility index (Phi) is 2.10. The Labute approximate surface area is 111 Å². The molecule has 0 spiro atoms. The van der Waals surface area contributed by atoms with Crippen LogP contribution >= 0.6 is 0 Å². The van der Waals surface area contributed by atoms with Crippen LogP contribution in [0.4, 0.5) is 0 Å². The van der Waals surface area contributed by atoms with Crippen LogP contribution in [0.3, 0.4) is 0 Å². The van der Waals surface area contributed by atoms with Gasteiger partial charge in [0.2, 0.25) is 0 Å². The van der Waals surface area contributed by atoms with E-state index in [1.165, 1.54) is 6.20 Å². The number of pyridine rings is 1. The zero-order valence-electron chi connectivity index (χ0n) is 15.1. The normalized spacial score (nSPS) is 16.8. The molecule has 17 heavy (non-hydrogen) atoms. The number of aromatic nitrogens is 1. The van der Waals surface area contributed by atoms with Crippen LogP contribution in [-0.4, -0.2) is 4.98 Å². The quantitative estimate of drug-likeness (QED) is 0.768. The van der Waals surface area contributed by atoms with Gasteiger partial charge in [-0.15, -0.1) is 0 Å². The second-order valence-electron chi connectivity index (χ2n) is 4.28. The van der Waals surface area contributed by atoms with Crippen molar-refractivity contribution in [3.8, 4) is 11.3 Å². The molecular weight excluding hydrogens is 206 g/mol. The third-order valence-corrected chi connectivity index (χ3v) is 2.42. The van der Waals surface area contributed by atoms with Crippen LogP contribution in [0.15, 0.2) is 42.6 Å². The lowest BCUT2D eigenvalue weighted by molar-refractivity contribution is 0.644. The Morgan fingerprint density at radius 1 is 1.29 bits per heavy atom. The molecule has 0 saturated heterocycles. The Hall–Kier alpha value is -1.63. The molecule has 2 aromatic rings. The van der Waals surface area contributed by atoms with Crippen molar-refractivity contribution in [3.63, 3.8) is 0 Å². The first-order valence-corrected chi connectivity index (χ1v) is 5.70. The van der Waals surface area contributed by atoms with Crippen LogP contribution in [0.2, 0.25) is 0 Å². The Balaban J connectivity index is 2.66. The maximum absolute atomic E-state index is 8.29. The third kappa shape index (κ3) is 2.94. The molecular formula is C16H19N.